The van der Waals surface area contributed by atoms with Gasteiger partial charge in [-0.25, -0.2) is 0 Å². The van der Waals surface area contributed by atoms with E-state index in [1.807, 2.05) is 24.3 Å². The SMILES string of the molecule is CCCCCCCCCCC#Cc1ccc(-c2[c-]c(-c3ccc(C#CCCCCCCCCCC)cn3)c(F)cc2F)nc1.CCCCCCCCCCC#Cc1ccc(-c2[c-]c(-c3ccc(C#CCCCCCCCCCC)cn3)c(F)cc2F)nc1.[C-]#CCCCCCCCCCC.[Cl][Pt+].[Pt+2]. The quantitative estimate of drug-likeness (QED) is 0.0166. The van der Waals surface area contributed by atoms with Crippen molar-refractivity contribution in [3.05, 3.63) is 150 Å². The molecule has 4 nitrogen and oxygen atoms in total. The van der Waals surface area contributed by atoms with E-state index in [2.05, 4.69) is 129 Å². The van der Waals surface area contributed by atoms with Crippen molar-refractivity contribution in [1.29, 1.82) is 0 Å². The molecule has 0 saturated carbocycles. The fourth-order valence-corrected chi connectivity index (χ4v) is 11.6. The Morgan fingerprint density at radius 3 is 0.660 bits per heavy atom. The first-order valence-corrected chi connectivity index (χ1v) is 42.1. The number of benzene rings is 2. The molecule has 0 atom stereocenters. The Morgan fingerprint density at radius 1 is 0.301 bits per heavy atom. The molecule has 0 fully saturated rings. The fraction of sp³-hybridized carbons (Fsp3) is 0.543. The summed E-state index contributed by atoms with van der Waals surface area (Å²) in [5, 5.41) is 0. The normalized spacial score (nSPS) is 10.3. The molecule has 2 aromatic carbocycles. The van der Waals surface area contributed by atoms with E-state index in [1.165, 1.54) is 225 Å². The maximum Gasteiger partial charge on any atom is 2.00 e. The minimum atomic E-state index is -0.712. The second kappa shape index (κ2) is 64.6. The number of hydrogen-bond acceptors (Lipinski definition) is 4. The van der Waals surface area contributed by atoms with Gasteiger partial charge in [0.15, 0.2) is 0 Å². The van der Waals surface area contributed by atoms with E-state index >= 15 is 0 Å². The zero-order valence-electron chi connectivity index (χ0n) is 63.2. The van der Waals surface area contributed by atoms with E-state index in [0.717, 1.165) is 98.6 Å². The van der Waals surface area contributed by atoms with Gasteiger partial charge in [-0.1, -0.05) is 390 Å². The van der Waals surface area contributed by atoms with Crippen LogP contribution in [0.5, 0.6) is 0 Å². The van der Waals surface area contributed by atoms with Gasteiger partial charge in [0.25, 0.3) is 0 Å². The minimum Gasteiger partial charge on any atom is 2.00 e. The van der Waals surface area contributed by atoms with Gasteiger partial charge < -0.3 is 12.3 Å². The molecule has 0 radical (unpaired) electrons. The van der Waals surface area contributed by atoms with Gasteiger partial charge in [0.2, 0.25) is 0 Å². The largest absolute Gasteiger partial charge is 2.00 e. The van der Waals surface area contributed by atoms with E-state index < -0.39 is 23.3 Å². The molecule has 0 unspecified atom stereocenters. The average Bonchev–Trinajstić information content (AvgIpc) is 0.807. The Bertz CT molecular complexity index is 3010. The smallest absolute Gasteiger partial charge is 2.00 e. The summed E-state index contributed by atoms with van der Waals surface area (Å²) in [6.07, 6.45) is 69.1. The predicted molar refractivity (Wildman–Crippen MR) is 420 cm³/mol. The van der Waals surface area contributed by atoms with Crippen molar-refractivity contribution in [3.8, 4) is 98.3 Å². The zero-order chi connectivity index (χ0) is 73.6. The number of aromatic nitrogens is 4. The standard InChI is InChI=1S/2C40H49F2N2.C12H21.ClH.2Pt/c2*1-3-5-7-9-11-13-15-17-19-21-23-33-25-27-39(43-31-33)35-29-36(38(42)30-37(35)41)40-28-26-34(32-44-40)24-22-20-18-16-14-12-10-8-6-4-2;1-3-5-7-9-11-12-10-8-6-4-2;;;/h2*25-28,30-32H,3-20H2,1-2H3;3,5-12H2,1H3;1H;;/q3*-1;;2*+2/p-1. The molecule has 6 rings (SSSR count). The summed E-state index contributed by atoms with van der Waals surface area (Å²) >= 11 is 1.61. The van der Waals surface area contributed by atoms with Gasteiger partial charge in [0.05, 0.1) is 23.3 Å². The van der Waals surface area contributed by atoms with Gasteiger partial charge in [0, 0.05) is 95.5 Å². The van der Waals surface area contributed by atoms with Crippen molar-refractivity contribution in [2.75, 3.05) is 0 Å². The number of unbranched alkanes of at least 4 members (excludes halogenated alkanes) is 40. The Balaban J connectivity index is 0.000000586. The van der Waals surface area contributed by atoms with Crippen LogP contribution in [0.1, 0.15) is 346 Å². The number of halogens is 5. The van der Waals surface area contributed by atoms with Crippen LogP contribution in [-0.2, 0) is 39.8 Å². The maximum absolute atomic E-state index is 14.8. The van der Waals surface area contributed by atoms with Crippen molar-refractivity contribution in [1.82, 2.24) is 19.9 Å². The number of pyridine rings is 4. The van der Waals surface area contributed by atoms with E-state index in [4.69, 9.17) is 6.42 Å². The van der Waals surface area contributed by atoms with Crippen molar-refractivity contribution in [2.45, 2.75) is 324 Å². The van der Waals surface area contributed by atoms with Crippen molar-refractivity contribution in [2.24, 2.45) is 0 Å². The third-order valence-corrected chi connectivity index (χ3v) is 17.7. The molecule has 4 aromatic heterocycles. The average molecular weight is 1780 g/mol. The summed E-state index contributed by atoms with van der Waals surface area (Å²) in [4.78, 5) is 17.6. The van der Waals surface area contributed by atoms with Crippen LogP contribution in [-0.4, -0.2) is 19.9 Å². The molecule has 0 aliphatic carbocycles. The van der Waals surface area contributed by atoms with Crippen LogP contribution in [0, 0.1) is 95.1 Å². The first kappa shape index (κ1) is 93.3. The van der Waals surface area contributed by atoms with Crippen LogP contribution >= 0.6 is 9.42 Å². The third-order valence-electron chi connectivity index (χ3n) is 17.7. The Kier molecular flexibility index (Phi) is 58.5. The molecule has 0 amide bonds. The molecule has 4 heterocycles. The molecule has 0 spiro atoms. The van der Waals surface area contributed by atoms with Crippen LogP contribution in [0.4, 0.5) is 17.6 Å². The molecular formula is C92H119ClF4N4Pt2. The summed E-state index contributed by atoms with van der Waals surface area (Å²) in [7, 11) is 4.61. The molecule has 0 N–H and O–H groups in total. The molecule has 0 aliphatic rings. The van der Waals surface area contributed by atoms with Gasteiger partial charge in [-0.05, 0) is 38.5 Å². The Labute approximate surface area is 653 Å². The maximum atomic E-state index is 14.8. The molecule has 0 aliphatic heterocycles. The Morgan fingerprint density at radius 2 is 0.485 bits per heavy atom. The molecule has 6 aromatic rings. The molecule has 0 saturated heterocycles. The summed E-state index contributed by atoms with van der Waals surface area (Å²) in [5.74, 6) is 25.0. The second-order valence-corrected chi connectivity index (χ2v) is 26.7. The Hall–Kier alpha value is -5.77. The summed E-state index contributed by atoms with van der Waals surface area (Å²) in [5.41, 5.74) is 5.03. The number of hydrogen-bond donors (Lipinski definition) is 0. The van der Waals surface area contributed by atoms with Gasteiger partial charge in [-0.2, -0.15) is 0 Å². The summed E-state index contributed by atoms with van der Waals surface area (Å²) in [6.45, 7) is 11.2. The summed E-state index contributed by atoms with van der Waals surface area (Å²) < 4.78 is 59.1. The van der Waals surface area contributed by atoms with Crippen molar-refractivity contribution >= 4 is 9.42 Å². The van der Waals surface area contributed by atoms with E-state index in [-0.39, 0.29) is 43.3 Å². The first-order chi connectivity index (χ1) is 50.1. The second-order valence-electron chi connectivity index (χ2n) is 26.7. The van der Waals surface area contributed by atoms with Crippen molar-refractivity contribution < 1.29 is 57.4 Å². The molecule has 11 heteroatoms. The van der Waals surface area contributed by atoms with Crippen molar-refractivity contribution in [3.63, 3.8) is 0 Å². The van der Waals surface area contributed by atoms with Crippen LogP contribution in [0.3, 0.4) is 0 Å². The molecule has 103 heavy (non-hydrogen) atoms. The third kappa shape index (κ3) is 44.1. The van der Waals surface area contributed by atoms with E-state index in [9.17, 15) is 17.6 Å². The molecular weight excluding hydrogens is 1660 g/mol. The van der Waals surface area contributed by atoms with Gasteiger partial charge in [-0.3, -0.25) is 37.5 Å². The minimum absolute atomic E-state index is 0. The zero-order valence-corrected chi connectivity index (χ0v) is 68.5. The fourth-order valence-electron chi connectivity index (χ4n) is 11.6. The summed E-state index contributed by atoms with van der Waals surface area (Å²) in [6, 6.07) is 21.6. The number of nitrogens with zero attached hydrogens (tertiary/aromatic N) is 4. The van der Waals surface area contributed by atoms with E-state index in [1.54, 1.807) is 67.8 Å². The first-order valence-electron chi connectivity index (χ1n) is 39.3. The predicted octanol–water partition coefficient (Wildman–Crippen LogP) is 28.1. The monoisotopic (exact) mass is 1780 g/mol. The van der Waals surface area contributed by atoms with Crippen LogP contribution in [0.25, 0.3) is 45.0 Å². The molecule has 562 valence electrons. The van der Waals surface area contributed by atoms with Gasteiger partial charge >= 0.3 is 49.3 Å². The topological polar surface area (TPSA) is 51.6 Å². The number of rotatable bonds is 44. The van der Waals surface area contributed by atoms with Gasteiger partial charge in [0.1, 0.15) is 0 Å². The van der Waals surface area contributed by atoms with Gasteiger partial charge in [-0.15, -0.1) is 12.1 Å². The molecule has 0 bridgehead atoms. The van der Waals surface area contributed by atoms with Crippen LogP contribution in [0.2, 0.25) is 0 Å². The van der Waals surface area contributed by atoms with E-state index in [0.29, 0.717) is 22.8 Å². The van der Waals surface area contributed by atoms with Crippen LogP contribution < -0.4 is 0 Å². The van der Waals surface area contributed by atoms with Crippen LogP contribution in [0.15, 0.2) is 85.5 Å².